The van der Waals surface area contributed by atoms with E-state index in [-0.39, 0.29) is 12.0 Å². The van der Waals surface area contributed by atoms with Crippen molar-refractivity contribution in [1.82, 2.24) is 0 Å². The van der Waals surface area contributed by atoms with Crippen molar-refractivity contribution in [2.24, 2.45) is 0 Å². The van der Waals surface area contributed by atoms with Crippen molar-refractivity contribution in [3.8, 4) is 5.75 Å². The Bertz CT molecular complexity index is 744. The molecular weight excluding hydrogens is 320 g/mol. The smallest absolute Gasteiger partial charge is 0.341 e. The number of benzene rings is 2. The summed E-state index contributed by atoms with van der Waals surface area (Å²) in [5.41, 5.74) is 1.87. The van der Waals surface area contributed by atoms with Crippen LogP contribution in [0.15, 0.2) is 48.5 Å². The maximum Gasteiger partial charge on any atom is 0.341 e. The number of esters is 1. The third-order valence-electron chi connectivity index (χ3n) is 3.58. The van der Waals surface area contributed by atoms with Crippen molar-refractivity contribution in [1.29, 1.82) is 0 Å². The molecule has 0 aliphatic carbocycles. The molecule has 5 nitrogen and oxygen atoms in total. The van der Waals surface area contributed by atoms with Crippen LogP contribution in [-0.4, -0.2) is 23.7 Å². The molecule has 0 aromatic heterocycles. The predicted molar refractivity (Wildman–Crippen MR) is 93.8 cm³/mol. The van der Waals surface area contributed by atoms with Crippen LogP contribution in [0.4, 0.5) is 0 Å². The zero-order valence-electron chi connectivity index (χ0n) is 14.6. The van der Waals surface area contributed by atoms with E-state index in [1.165, 1.54) is 6.07 Å². The molecule has 0 aliphatic rings. The van der Waals surface area contributed by atoms with Crippen LogP contribution in [0, 0.1) is 0 Å². The predicted octanol–water partition coefficient (Wildman–Crippen LogP) is 3.80. The number of hydrogen-bond donors (Lipinski definition) is 1. The Labute approximate surface area is 147 Å². The average Bonchev–Trinajstić information content (AvgIpc) is 2.57. The fourth-order valence-electron chi connectivity index (χ4n) is 2.18. The normalized spacial score (nSPS) is 11.0. The number of rotatable bonds is 6. The molecule has 0 spiro atoms. The quantitative estimate of drug-likeness (QED) is 0.808. The number of carboxylic acids is 1. The lowest BCUT2D eigenvalue weighted by Gasteiger charge is -2.21. The second-order valence-corrected chi connectivity index (χ2v) is 6.74. The first-order valence-electron chi connectivity index (χ1n) is 7.97. The lowest BCUT2D eigenvalue weighted by Crippen LogP contribution is -2.15. The van der Waals surface area contributed by atoms with Crippen LogP contribution in [0.3, 0.4) is 0 Å². The molecule has 2 rings (SSSR count). The van der Waals surface area contributed by atoms with Gasteiger partial charge in [-0.1, -0.05) is 51.1 Å². The standard InChI is InChI=1S/C20H22O5/c1-20(2,3)16-9-15(10-17(11-16)24-13-18(21)22)19(23)25-12-14-7-5-4-6-8-14/h4-11H,12-13H2,1-3H3,(H,21,22). The summed E-state index contributed by atoms with van der Waals surface area (Å²) in [5.74, 6) is -1.22. The van der Waals surface area contributed by atoms with Crippen LogP contribution in [0.5, 0.6) is 5.75 Å². The van der Waals surface area contributed by atoms with Gasteiger partial charge in [0.15, 0.2) is 6.61 Å². The summed E-state index contributed by atoms with van der Waals surface area (Å²) >= 11 is 0. The molecule has 0 saturated heterocycles. The highest BCUT2D eigenvalue weighted by atomic mass is 16.5. The van der Waals surface area contributed by atoms with Gasteiger partial charge in [0.05, 0.1) is 5.56 Å². The Kier molecular flexibility index (Phi) is 5.80. The molecule has 0 saturated carbocycles. The molecule has 5 heteroatoms. The SMILES string of the molecule is CC(C)(C)c1cc(OCC(=O)O)cc(C(=O)OCc2ccccc2)c1. The number of aliphatic carboxylic acids is 1. The second-order valence-electron chi connectivity index (χ2n) is 6.74. The van der Waals surface area contributed by atoms with Gasteiger partial charge >= 0.3 is 11.9 Å². The maximum atomic E-state index is 12.4. The number of ether oxygens (including phenoxy) is 2. The molecule has 132 valence electrons. The van der Waals surface area contributed by atoms with Gasteiger partial charge in [0.25, 0.3) is 0 Å². The summed E-state index contributed by atoms with van der Waals surface area (Å²) in [6.45, 7) is 5.71. The van der Waals surface area contributed by atoms with Gasteiger partial charge in [0.1, 0.15) is 12.4 Å². The Balaban J connectivity index is 2.20. The zero-order chi connectivity index (χ0) is 18.4. The molecule has 0 bridgehead atoms. The zero-order valence-corrected chi connectivity index (χ0v) is 14.6. The van der Waals surface area contributed by atoms with E-state index in [9.17, 15) is 9.59 Å². The minimum atomic E-state index is -1.07. The Morgan fingerprint density at radius 1 is 1.04 bits per heavy atom. The third-order valence-corrected chi connectivity index (χ3v) is 3.58. The third kappa shape index (κ3) is 5.64. The first kappa shape index (κ1) is 18.5. The van der Waals surface area contributed by atoms with Gasteiger partial charge in [-0.2, -0.15) is 0 Å². The van der Waals surface area contributed by atoms with Crippen molar-refractivity contribution in [2.75, 3.05) is 6.61 Å². The fourth-order valence-corrected chi connectivity index (χ4v) is 2.18. The highest BCUT2D eigenvalue weighted by molar-refractivity contribution is 5.90. The molecule has 0 atom stereocenters. The largest absolute Gasteiger partial charge is 0.482 e. The van der Waals surface area contributed by atoms with Crippen LogP contribution in [0.25, 0.3) is 0 Å². The van der Waals surface area contributed by atoms with E-state index in [0.29, 0.717) is 11.3 Å². The number of hydrogen-bond acceptors (Lipinski definition) is 4. The van der Waals surface area contributed by atoms with Crippen LogP contribution < -0.4 is 4.74 Å². The van der Waals surface area contributed by atoms with E-state index in [0.717, 1.165) is 11.1 Å². The molecule has 2 aromatic carbocycles. The summed E-state index contributed by atoms with van der Waals surface area (Å²) in [6, 6.07) is 14.4. The summed E-state index contributed by atoms with van der Waals surface area (Å²) in [6.07, 6.45) is 0. The number of carbonyl (C=O) groups is 2. The van der Waals surface area contributed by atoms with Crippen LogP contribution in [0.2, 0.25) is 0 Å². The summed E-state index contributed by atoms with van der Waals surface area (Å²) < 4.78 is 10.6. The minimum absolute atomic E-state index is 0.171. The number of carboxylic acid groups (broad SMARTS) is 1. The second kappa shape index (κ2) is 7.83. The highest BCUT2D eigenvalue weighted by Gasteiger charge is 2.19. The molecule has 0 unspecified atom stereocenters. The van der Waals surface area contributed by atoms with E-state index < -0.39 is 18.5 Å². The topological polar surface area (TPSA) is 72.8 Å². The number of carbonyl (C=O) groups excluding carboxylic acids is 1. The van der Waals surface area contributed by atoms with Gasteiger partial charge in [-0.25, -0.2) is 9.59 Å². The summed E-state index contributed by atoms with van der Waals surface area (Å²) in [5, 5.41) is 8.78. The van der Waals surface area contributed by atoms with Gasteiger partial charge in [0.2, 0.25) is 0 Å². The maximum absolute atomic E-state index is 12.4. The molecule has 0 radical (unpaired) electrons. The Hall–Kier alpha value is -2.82. The van der Waals surface area contributed by atoms with Crippen LogP contribution >= 0.6 is 0 Å². The molecular formula is C20H22O5. The van der Waals surface area contributed by atoms with Gasteiger partial charge < -0.3 is 14.6 Å². The Morgan fingerprint density at radius 3 is 2.32 bits per heavy atom. The van der Waals surface area contributed by atoms with E-state index >= 15 is 0 Å². The van der Waals surface area contributed by atoms with Gasteiger partial charge in [-0.3, -0.25) is 0 Å². The van der Waals surface area contributed by atoms with Gasteiger partial charge in [-0.15, -0.1) is 0 Å². The van der Waals surface area contributed by atoms with Crippen molar-refractivity contribution >= 4 is 11.9 Å². The fraction of sp³-hybridized carbons (Fsp3) is 0.300. The summed E-state index contributed by atoms with van der Waals surface area (Å²) in [7, 11) is 0. The van der Waals surface area contributed by atoms with Crippen molar-refractivity contribution in [3.05, 3.63) is 65.2 Å². The first-order valence-corrected chi connectivity index (χ1v) is 7.97. The van der Waals surface area contributed by atoms with Gasteiger partial charge in [-0.05, 0) is 34.7 Å². The molecule has 25 heavy (non-hydrogen) atoms. The summed E-state index contributed by atoms with van der Waals surface area (Å²) in [4.78, 5) is 23.1. The highest BCUT2D eigenvalue weighted by Crippen LogP contribution is 2.28. The molecule has 0 aliphatic heterocycles. The van der Waals surface area contributed by atoms with E-state index in [1.807, 2.05) is 51.1 Å². The molecule has 0 fully saturated rings. The van der Waals surface area contributed by atoms with Gasteiger partial charge in [0, 0.05) is 0 Å². The van der Waals surface area contributed by atoms with Crippen molar-refractivity contribution in [2.45, 2.75) is 32.8 Å². The lowest BCUT2D eigenvalue weighted by molar-refractivity contribution is -0.139. The van der Waals surface area contributed by atoms with Crippen molar-refractivity contribution < 1.29 is 24.2 Å². The Morgan fingerprint density at radius 2 is 1.72 bits per heavy atom. The first-order chi connectivity index (χ1) is 11.8. The van der Waals surface area contributed by atoms with Crippen molar-refractivity contribution in [3.63, 3.8) is 0 Å². The average molecular weight is 342 g/mol. The van der Waals surface area contributed by atoms with E-state index in [2.05, 4.69) is 0 Å². The van der Waals surface area contributed by atoms with Crippen LogP contribution in [-0.2, 0) is 21.6 Å². The molecule has 0 heterocycles. The molecule has 0 amide bonds. The lowest BCUT2D eigenvalue weighted by atomic mass is 9.86. The molecule has 1 N–H and O–H groups in total. The monoisotopic (exact) mass is 342 g/mol. The van der Waals surface area contributed by atoms with E-state index in [1.54, 1.807) is 12.1 Å². The van der Waals surface area contributed by atoms with E-state index in [4.69, 9.17) is 14.6 Å². The minimum Gasteiger partial charge on any atom is -0.482 e. The molecule has 2 aromatic rings. The van der Waals surface area contributed by atoms with Crippen LogP contribution in [0.1, 0.15) is 42.3 Å².